The third-order valence-corrected chi connectivity index (χ3v) is 2.45. The molecule has 0 unspecified atom stereocenters. The Hall–Kier alpha value is -2.92. The third kappa shape index (κ3) is 1.38. The van der Waals surface area contributed by atoms with E-state index in [0.29, 0.717) is 11.1 Å². The average molecular weight is 223 g/mol. The number of hydrogen-bond donors (Lipinski definition) is 1. The van der Waals surface area contributed by atoms with Crippen LogP contribution in [0.3, 0.4) is 0 Å². The van der Waals surface area contributed by atoms with Gasteiger partial charge in [0.05, 0.1) is 12.6 Å². The van der Waals surface area contributed by atoms with E-state index in [1.54, 1.807) is 30.3 Å². The third-order valence-electron chi connectivity index (χ3n) is 2.45. The Morgan fingerprint density at radius 2 is 2.06 bits per heavy atom. The number of benzene rings is 1. The van der Waals surface area contributed by atoms with Gasteiger partial charge in [-0.15, -0.1) is 0 Å². The topological polar surface area (TPSA) is 77.8 Å². The summed E-state index contributed by atoms with van der Waals surface area (Å²) in [6.45, 7) is 6.89. The Bertz CT molecular complexity index is 641. The summed E-state index contributed by atoms with van der Waals surface area (Å²) in [5.41, 5.74) is 0.394. The summed E-state index contributed by atoms with van der Waals surface area (Å²) in [4.78, 5) is 14.9. The zero-order valence-corrected chi connectivity index (χ0v) is 8.51. The zero-order valence-electron chi connectivity index (χ0n) is 8.51. The van der Waals surface area contributed by atoms with Crippen molar-refractivity contribution in [2.75, 3.05) is 0 Å². The van der Waals surface area contributed by atoms with Gasteiger partial charge in [0.1, 0.15) is 5.71 Å². The second-order valence-corrected chi connectivity index (χ2v) is 3.27. The molecule has 5 nitrogen and oxygen atoms in total. The molecule has 1 aromatic rings. The minimum Gasteiger partial charge on any atom is -0.410 e. The van der Waals surface area contributed by atoms with Gasteiger partial charge in [-0.1, -0.05) is 29.4 Å². The SMILES string of the molecule is [C-]#[N+]/C(C#N)=C1/C(=N/O)C(=O)c2ccccc21. The molecule has 0 saturated heterocycles. The minimum absolute atomic E-state index is 0.102. The van der Waals surface area contributed by atoms with Crippen molar-refractivity contribution >= 4 is 17.1 Å². The van der Waals surface area contributed by atoms with Crippen molar-refractivity contribution in [2.24, 2.45) is 5.16 Å². The van der Waals surface area contributed by atoms with Gasteiger partial charge in [0.25, 0.3) is 5.70 Å². The molecule has 1 aliphatic rings. The molecule has 1 aromatic carbocycles. The van der Waals surface area contributed by atoms with Crippen LogP contribution in [0.5, 0.6) is 0 Å². The predicted octanol–water partition coefficient (Wildman–Crippen LogP) is 1.87. The summed E-state index contributed by atoms with van der Waals surface area (Å²) in [6, 6.07) is 8.23. The van der Waals surface area contributed by atoms with Gasteiger partial charge in [0.15, 0.2) is 0 Å². The summed E-state index contributed by atoms with van der Waals surface area (Å²) >= 11 is 0. The fourth-order valence-electron chi connectivity index (χ4n) is 1.74. The van der Waals surface area contributed by atoms with Gasteiger partial charge in [-0.25, -0.2) is 10.1 Å². The lowest BCUT2D eigenvalue weighted by Gasteiger charge is -1.98. The smallest absolute Gasteiger partial charge is 0.272 e. The van der Waals surface area contributed by atoms with E-state index in [9.17, 15) is 4.79 Å². The highest BCUT2D eigenvalue weighted by Crippen LogP contribution is 2.32. The molecular weight excluding hydrogens is 218 g/mol. The lowest BCUT2D eigenvalue weighted by atomic mass is 10.1. The molecule has 0 amide bonds. The van der Waals surface area contributed by atoms with Crippen molar-refractivity contribution < 1.29 is 10.0 Å². The quantitative estimate of drug-likeness (QED) is 0.315. The summed E-state index contributed by atoms with van der Waals surface area (Å²) in [5, 5.41) is 20.6. The highest BCUT2D eigenvalue weighted by molar-refractivity contribution is 6.65. The largest absolute Gasteiger partial charge is 0.410 e. The number of hydrogen-bond acceptors (Lipinski definition) is 4. The summed E-state index contributed by atoms with van der Waals surface area (Å²) < 4.78 is 0. The number of carbonyl (C=O) groups excluding carboxylic acids is 1. The van der Waals surface area contributed by atoms with Crippen LogP contribution in [0.1, 0.15) is 15.9 Å². The maximum absolute atomic E-state index is 11.8. The monoisotopic (exact) mass is 223 g/mol. The van der Waals surface area contributed by atoms with Gasteiger partial charge in [-0.2, -0.15) is 0 Å². The Morgan fingerprint density at radius 3 is 2.59 bits per heavy atom. The van der Waals surface area contributed by atoms with E-state index in [2.05, 4.69) is 10.0 Å². The van der Waals surface area contributed by atoms with Gasteiger partial charge < -0.3 is 5.21 Å². The Morgan fingerprint density at radius 1 is 1.41 bits per heavy atom. The molecule has 1 aliphatic carbocycles. The van der Waals surface area contributed by atoms with Crippen LogP contribution in [0, 0.1) is 17.9 Å². The molecule has 17 heavy (non-hydrogen) atoms. The van der Waals surface area contributed by atoms with Crippen LogP contribution in [0.2, 0.25) is 0 Å². The van der Waals surface area contributed by atoms with Crippen LogP contribution in [-0.4, -0.2) is 16.7 Å². The molecule has 0 heterocycles. The molecule has 0 bridgehead atoms. The van der Waals surface area contributed by atoms with E-state index in [0.717, 1.165) is 0 Å². The van der Waals surface area contributed by atoms with Crippen LogP contribution in [0.25, 0.3) is 10.4 Å². The predicted molar refractivity (Wildman–Crippen MR) is 59.1 cm³/mol. The van der Waals surface area contributed by atoms with Gasteiger partial charge in [0, 0.05) is 11.1 Å². The fourth-order valence-corrected chi connectivity index (χ4v) is 1.74. The molecule has 80 valence electrons. The van der Waals surface area contributed by atoms with Crippen molar-refractivity contribution in [3.05, 3.63) is 52.5 Å². The van der Waals surface area contributed by atoms with Crippen LogP contribution in [-0.2, 0) is 0 Å². The number of nitrogens with zero attached hydrogens (tertiary/aromatic N) is 3. The van der Waals surface area contributed by atoms with Crippen LogP contribution in [0.4, 0.5) is 0 Å². The van der Waals surface area contributed by atoms with Crippen LogP contribution in [0.15, 0.2) is 35.1 Å². The number of ketones is 1. The highest BCUT2D eigenvalue weighted by atomic mass is 16.4. The maximum atomic E-state index is 11.8. The molecule has 0 aromatic heterocycles. The summed E-state index contributed by atoms with van der Waals surface area (Å²) in [7, 11) is 0. The highest BCUT2D eigenvalue weighted by Gasteiger charge is 2.34. The van der Waals surface area contributed by atoms with E-state index in [1.165, 1.54) is 0 Å². The molecular formula is C12H5N3O2. The first-order valence-electron chi connectivity index (χ1n) is 4.63. The number of allylic oxidation sites excluding steroid dienone is 2. The number of fused-ring (bicyclic) bond motifs is 1. The first kappa shape index (κ1) is 10.6. The van der Waals surface area contributed by atoms with Crippen molar-refractivity contribution in [3.63, 3.8) is 0 Å². The van der Waals surface area contributed by atoms with Crippen molar-refractivity contribution in [1.29, 1.82) is 5.26 Å². The van der Waals surface area contributed by atoms with Gasteiger partial charge in [0.2, 0.25) is 5.78 Å². The molecule has 0 fully saturated rings. The fraction of sp³-hybridized carbons (Fsp3) is 0. The standard InChI is InChI=1S/C12H5N3O2/c1-14-9(6-13)10-7-4-2-3-5-8(7)12(16)11(10)15-17/h2-5,17H/b10-9+,15-11-. The lowest BCUT2D eigenvalue weighted by Crippen LogP contribution is -2.07. The number of rotatable bonds is 0. The molecule has 5 heteroatoms. The number of oxime groups is 1. The minimum atomic E-state index is -0.477. The first-order chi connectivity index (χ1) is 8.24. The van der Waals surface area contributed by atoms with E-state index in [4.69, 9.17) is 17.0 Å². The molecule has 0 spiro atoms. The lowest BCUT2D eigenvalue weighted by molar-refractivity contribution is 0.106. The second-order valence-electron chi connectivity index (χ2n) is 3.27. The van der Waals surface area contributed by atoms with Crippen molar-refractivity contribution in [1.82, 2.24) is 0 Å². The van der Waals surface area contributed by atoms with Crippen LogP contribution < -0.4 is 0 Å². The average Bonchev–Trinajstić information content (AvgIpc) is 2.65. The molecule has 0 radical (unpaired) electrons. The van der Waals surface area contributed by atoms with Gasteiger partial charge in [-0.05, 0) is 5.56 Å². The molecule has 0 atom stereocenters. The van der Waals surface area contributed by atoms with Crippen LogP contribution >= 0.6 is 0 Å². The summed E-state index contributed by atoms with van der Waals surface area (Å²) in [5.74, 6) is -0.477. The van der Waals surface area contributed by atoms with Gasteiger partial charge in [-0.3, -0.25) is 4.79 Å². The Kier molecular flexibility index (Phi) is 2.44. The van der Waals surface area contributed by atoms with Crippen molar-refractivity contribution in [3.8, 4) is 6.07 Å². The van der Waals surface area contributed by atoms with Gasteiger partial charge >= 0.3 is 0 Å². The van der Waals surface area contributed by atoms with Crippen molar-refractivity contribution in [2.45, 2.75) is 0 Å². The van der Waals surface area contributed by atoms with E-state index < -0.39 is 5.78 Å². The zero-order chi connectivity index (χ0) is 12.4. The van der Waals surface area contributed by atoms with E-state index in [1.807, 2.05) is 0 Å². The van der Waals surface area contributed by atoms with E-state index in [-0.39, 0.29) is 17.0 Å². The number of nitriles is 1. The molecule has 0 saturated carbocycles. The number of Topliss-reactive ketones (excluding diaryl/α,β-unsaturated/α-hetero) is 1. The second kappa shape index (κ2) is 3.92. The normalized spacial score (nSPS) is 18.5. The Labute approximate surface area is 96.7 Å². The Balaban J connectivity index is 2.87. The molecule has 1 N–H and O–H groups in total. The summed E-state index contributed by atoms with van der Waals surface area (Å²) in [6.07, 6.45) is 0. The molecule has 2 rings (SSSR count). The number of carbonyl (C=O) groups is 1. The van der Waals surface area contributed by atoms with E-state index >= 15 is 0 Å². The first-order valence-corrected chi connectivity index (χ1v) is 4.63. The molecule has 0 aliphatic heterocycles. The maximum Gasteiger partial charge on any atom is 0.272 e.